The smallest absolute Gasteiger partial charge is 0.144 e. The Morgan fingerprint density at radius 1 is 1.58 bits per heavy atom. The number of nitrogens with zero attached hydrogens (tertiary/aromatic N) is 1. The lowest BCUT2D eigenvalue weighted by molar-refractivity contribution is 0.614. The highest BCUT2D eigenvalue weighted by Gasteiger charge is 2.00. The van der Waals surface area contributed by atoms with E-state index in [4.69, 9.17) is 0 Å². The molecule has 1 heterocycles. The van der Waals surface area contributed by atoms with Gasteiger partial charge in [0.05, 0.1) is 5.75 Å². The standard InChI is InChI=1S/C7H10N2O2S/c1-8-7-6(5-12(10)11)3-2-4-9-7/h2-4,12H,5H2,1H3,(H,8,9). The largest absolute Gasteiger partial charge is 0.373 e. The second-order valence-electron chi connectivity index (χ2n) is 2.25. The topological polar surface area (TPSA) is 59.1 Å². The maximum absolute atomic E-state index is 10.4. The number of pyridine rings is 1. The predicted molar refractivity (Wildman–Crippen MR) is 47.8 cm³/mol. The highest BCUT2D eigenvalue weighted by atomic mass is 32.2. The molecule has 0 saturated heterocycles. The van der Waals surface area contributed by atoms with Crippen LogP contribution in [0.3, 0.4) is 0 Å². The minimum atomic E-state index is -2.38. The molecule has 1 rings (SSSR count). The van der Waals surface area contributed by atoms with Crippen LogP contribution in [0.15, 0.2) is 18.3 Å². The average Bonchev–Trinajstić information content (AvgIpc) is 2.04. The van der Waals surface area contributed by atoms with Crippen molar-refractivity contribution in [3.63, 3.8) is 0 Å². The maximum atomic E-state index is 10.4. The van der Waals surface area contributed by atoms with Crippen molar-refractivity contribution in [3.8, 4) is 0 Å². The molecule has 0 spiro atoms. The summed E-state index contributed by atoms with van der Waals surface area (Å²) in [5, 5.41) is 2.82. The summed E-state index contributed by atoms with van der Waals surface area (Å²) in [4.78, 5) is 3.97. The van der Waals surface area contributed by atoms with E-state index in [2.05, 4.69) is 10.3 Å². The molecule has 0 aromatic carbocycles. The summed E-state index contributed by atoms with van der Waals surface area (Å²) in [5.74, 6) is 0.663. The van der Waals surface area contributed by atoms with E-state index in [1.165, 1.54) is 0 Å². The minimum absolute atomic E-state index is 0.0410. The molecule has 0 aliphatic heterocycles. The van der Waals surface area contributed by atoms with Crippen LogP contribution in [0.2, 0.25) is 0 Å². The van der Waals surface area contributed by atoms with Gasteiger partial charge in [-0.05, 0) is 6.07 Å². The lowest BCUT2D eigenvalue weighted by atomic mass is 10.3. The van der Waals surface area contributed by atoms with Gasteiger partial charge in [-0.1, -0.05) is 6.07 Å². The highest BCUT2D eigenvalue weighted by molar-refractivity contribution is 7.71. The molecule has 5 heteroatoms. The maximum Gasteiger partial charge on any atom is 0.144 e. The Kier molecular flexibility index (Phi) is 3.04. The molecule has 66 valence electrons. The van der Waals surface area contributed by atoms with Gasteiger partial charge in [0.25, 0.3) is 0 Å². The normalized spacial score (nSPS) is 10.2. The predicted octanol–water partition coefficient (Wildman–Crippen LogP) is 0.235. The summed E-state index contributed by atoms with van der Waals surface area (Å²) < 4.78 is 20.8. The molecule has 0 atom stereocenters. The molecule has 0 aliphatic carbocycles. The number of thiol groups is 1. The van der Waals surface area contributed by atoms with Gasteiger partial charge < -0.3 is 5.32 Å². The fourth-order valence-corrected chi connectivity index (χ4v) is 1.46. The SMILES string of the molecule is CNc1ncccc1C[SH](=O)=O. The molecule has 4 nitrogen and oxygen atoms in total. The monoisotopic (exact) mass is 186 g/mol. The molecule has 0 amide bonds. The molecule has 0 bridgehead atoms. The fourth-order valence-electron chi connectivity index (χ4n) is 0.930. The van der Waals surface area contributed by atoms with Gasteiger partial charge in [0.2, 0.25) is 0 Å². The van der Waals surface area contributed by atoms with E-state index >= 15 is 0 Å². The zero-order valence-electron chi connectivity index (χ0n) is 6.65. The van der Waals surface area contributed by atoms with Crippen LogP contribution in [-0.2, 0) is 16.5 Å². The third-order valence-electron chi connectivity index (χ3n) is 1.43. The summed E-state index contributed by atoms with van der Waals surface area (Å²) >= 11 is 0. The summed E-state index contributed by atoms with van der Waals surface area (Å²) in [6.45, 7) is 0. The van der Waals surface area contributed by atoms with Crippen LogP contribution in [0, 0.1) is 0 Å². The number of hydrogen-bond acceptors (Lipinski definition) is 4. The average molecular weight is 186 g/mol. The van der Waals surface area contributed by atoms with E-state index in [0.29, 0.717) is 11.4 Å². The molecule has 1 aromatic rings. The van der Waals surface area contributed by atoms with E-state index in [-0.39, 0.29) is 5.75 Å². The van der Waals surface area contributed by atoms with Crippen molar-refractivity contribution in [1.82, 2.24) is 4.98 Å². The molecular weight excluding hydrogens is 176 g/mol. The Bertz CT molecular complexity index is 328. The van der Waals surface area contributed by atoms with Crippen molar-refractivity contribution in [2.24, 2.45) is 0 Å². The molecule has 0 fully saturated rings. The molecule has 12 heavy (non-hydrogen) atoms. The quantitative estimate of drug-likeness (QED) is 0.664. The number of anilines is 1. The van der Waals surface area contributed by atoms with Crippen LogP contribution in [0.5, 0.6) is 0 Å². The van der Waals surface area contributed by atoms with Crippen LogP contribution in [0.25, 0.3) is 0 Å². The van der Waals surface area contributed by atoms with Gasteiger partial charge in [0, 0.05) is 18.8 Å². The molecule has 0 saturated carbocycles. The van der Waals surface area contributed by atoms with Crippen LogP contribution in [0.4, 0.5) is 5.82 Å². The summed E-state index contributed by atoms with van der Waals surface area (Å²) in [5.41, 5.74) is 0.705. The lowest BCUT2D eigenvalue weighted by Crippen LogP contribution is -1.98. The van der Waals surface area contributed by atoms with Gasteiger partial charge in [-0.25, -0.2) is 13.4 Å². The molecule has 0 radical (unpaired) electrons. The van der Waals surface area contributed by atoms with Crippen LogP contribution < -0.4 is 5.32 Å². The molecule has 0 unspecified atom stereocenters. The second-order valence-corrected chi connectivity index (χ2v) is 3.23. The minimum Gasteiger partial charge on any atom is -0.373 e. The Morgan fingerprint density at radius 3 is 2.92 bits per heavy atom. The number of rotatable bonds is 3. The van der Waals surface area contributed by atoms with E-state index in [1.807, 2.05) is 0 Å². The van der Waals surface area contributed by atoms with Crippen molar-refractivity contribution in [3.05, 3.63) is 23.9 Å². The van der Waals surface area contributed by atoms with Crippen molar-refractivity contribution >= 4 is 16.5 Å². The first kappa shape index (κ1) is 8.99. The number of hydrogen-bond donors (Lipinski definition) is 2. The van der Waals surface area contributed by atoms with Crippen molar-refractivity contribution < 1.29 is 8.42 Å². The summed E-state index contributed by atoms with van der Waals surface area (Å²) in [6, 6.07) is 3.46. The number of nitrogens with one attached hydrogen (secondary N) is 1. The van der Waals surface area contributed by atoms with Crippen LogP contribution in [0.1, 0.15) is 5.56 Å². The van der Waals surface area contributed by atoms with Gasteiger partial charge in [0.1, 0.15) is 16.5 Å². The van der Waals surface area contributed by atoms with Crippen molar-refractivity contribution in [2.75, 3.05) is 12.4 Å². The first-order valence-corrected chi connectivity index (χ1v) is 4.83. The zero-order valence-corrected chi connectivity index (χ0v) is 7.54. The molecular formula is C7H10N2O2S. The fraction of sp³-hybridized carbons (Fsp3) is 0.286. The Balaban J connectivity index is 2.96. The van der Waals surface area contributed by atoms with Gasteiger partial charge in [-0.2, -0.15) is 0 Å². The van der Waals surface area contributed by atoms with Crippen molar-refractivity contribution in [2.45, 2.75) is 5.75 Å². The third-order valence-corrected chi connectivity index (χ3v) is 2.03. The third kappa shape index (κ3) is 2.20. The van der Waals surface area contributed by atoms with E-state index in [9.17, 15) is 8.42 Å². The molecule has 0 aliphatic rings. The lowest BCUT2D eigenvalue weighted by Gasteiger charge is -2.02. The van der Waals surface area contributed by atoms with E-state index in [1.54, 1.807) is 25.4 Å². The summed E-state index contributed by atoms with van der Waals surface area (Å²) in [7, 11) is -0.667. The highest BCUT2D eigenvalue weighted by Crippen LogP contribution is 2.10. The Labute approximate surface area is 72.6 Å². The molecule has 1 N–H and O–H groups in total. The Morgan fingerprint density at radius 2 is 2.33 bits per heavy atom. The van der Waals surface area contributed by atoms with E-state index < -0.39 is 10.7 Å². The Hall–Kier alpha value is -1.10. The summed E-state index contributed by atoms with van der Waals surface area (Å²) in [6.07, 6.45) is 1.62. The molecule has 1 aromatic heterocycles. The van der Waals surface area contributed by atoms with Crippen molar-refractivity contribution in [1.29, 1.82) is 0 Å². The van der Waals surface area contributed by atoms with Crippen LogP contribution in [-0.4, -0.2) is 20.4 Å². The number of aromatic nitrogens is 1. The first-order valence-electron chi connectivity index (χ1n) is 3.47. The van der Waals surface area contributed by atoms with Gasteiger partial charge in [-0.15, -0.1) is 0 Å². The van der Waals surface area contributed by atoms with Crippen LogP contribution >= 0.6 is 0 Å². The van der Waals surface area contributed by atoms with Gasteiger partial charge >= 0.3 is 0 Å². The van der Waals surface area contributed by atoms with E-state index in [0.717, 1.165) is 0 Å². The first-order chi connectivity index (χ1) is 5.74. The van der Waals surface area contributed by atoms with Gasteiger partial charge in [0.15, 0.2) is 0 Å². The van der Waals surface area contributed by atoms with Gasteiger partial charge in [-0.3, -0.25) is 0 Å². The zero-order chi connectivity index (χ0) is 8.97. The second kappa shape index (κ2) is 4.06.